The number of fused-ring (bicyclic) bond motifs is 1. The molecule has 1 amide bonds. The van der Waals surface area contributed by atoms with Gasteiger partial charge in [-0.25, -0.2) is 0 Å². The standard InChI is InChI=1S/C16H24N2O.ClH/c1-11(2)16(3,10-17)18-15(19)14-9-5-7-12-6-4-8-13(12)14;/h5,7,9,11H,4,6,8,10,17H2,1-3H3,(H,18,19);1H. The van der Waals surface area contributed by atoms with Crippen LogP contribution in [0.15, 0.2) is 18.2 Å². The second-order valence-corrected chi connectivity index (χ2v) is 6.03. The lowest BCUT2D eigenvalue weighted by atomic mass is 9.88. The molecule has 0 aliphatic heterocycles. The van der Waals surface area contributed by atoms with Crippen LogP contribution < -0.4 is 11.1 Å². The molecule has 0 saturated heterocycles. The normalized spacial score (nSPS) is 16.2. The van der Waals surface area contributed by atoms with Gasteiger partial charge >= 0.3 is 0 Å². The Hall–Kier alpha value is -1.06. The zero-order valence-electron chi connectivity index (χ0n) is 12.5. The van der Waals surface area contributed by atoms with Crippen molar-refractivity contribution in [2.45, 2.75) is 45.6 Å². The number of nitrogens with two attached hydrogens (primary N) is 1. The Balaban J connectivity index is 0.00000200. The first-order valence-electron chi connectivity index (χ1n) is 7.11. The molecule has 0 heterocycles. The summed E-state index contributed by atoms with van der Waals surface area (Å²) in [5, 5.41) is 3.12. The molecule has 3 nitrogen and oxygen atoms in total. The molecule has 1 aliphatic carbocycles. The van der Waals surface area contributed by atoms with E-state index in [9.17, 15) is 4.79 Å². The molecule has 20 heavy (non-hydrogen) atoms. The quantitative estimate of drug-likeness (QED) is 0.897. The Morgan fingerprint density at radius 2 is 2.10 bits per heavy atom. The summed E-state index contributed by atoms with van der Waals surface area (Å²) in [6.45, 7) is 6.63. The third-order valence-electron chi connectivity index (χ3n) is 4.49. The van der Waals surface area contributed by atoms with Gasteiger partial charge in [-0.1, -0.05) is 26.0 Å². The molecule has 1 unspecified atom stereocenters. The molecular formula is C16H25ClN2O. The molecule has 1 atom stereocenters. The molecule has 0 bridgehead atoms. The van der Waals surface area contributed by atoms with Crippen LogP contribution in [0.5, 0.6) is 0 Å². The minimum atomic E-state index is -0.349. The van der Waals surface area contributed by atoms with Crippen molar-refractivity contribution in [3.05, 3.63) is 34.9 Å². The van der Waals surface area contributed by atoms with E-state index in [1.54, 1.807) is 0 Å². The van der Waals surface area contributed by atoms with Crippen LogP contribution in [0.2, 0.25) is 0 Å². The van der Waals surface area contributed by atoms with Gasteiger partial charge in [-0.05, 0) is 49.3 Å². The fourth-order valence-corrected chi connectivity index (χ4v) is 2.59. The third kappa shape index (κ3) is 3.15. The van der Waals surface area contributed by atoms with Crippen LogP contribution in [0.25, 0.3) is 0 Å². The summed E-state index contributed by atoms with van der Waals surface area (Å²) in [5.74, 6) is 0.318. The average Bonchev–Trinajstić information content (AvgIpc) is 2.86. The lowest BCUT2D eigenvalue weighted by molar-refractivity contribution is 0.0882. The number of halogens is 1. The highest BCUT2D eigenvalue weighted by Crippen LogP contribution is 2.26. The predicted molar refractivity (Wildman–Crippen MR) is 85.5 cm³/mol. The van der Waals surface area contributed by atoms with Crippen LogP contribution in [-0.4, -0.2) is 18.0 Å². The van der Waals surface area contributed by atoms with Crippen molar-refractivity contribution >= 4 is 18.3 Å². The van der Waals surface area contributed by atoms with Crippen molar-refractivity contribution in [3.8, 4) is 0 Å². The van der Waals surface area contributed by atoms with Crippen molar-refractivity contribution in [3.63, 3.8) is 0 Å². The van der Waals surface area contributed by atoms with Crippen LogP contribution in [-0.2, 0) is 12.8 Å². The van der Waals surface area contributed by atoms with Gasteiger partial charge in [-0.3, -0.25) is 4.79 Å². The predicted octanol–water partition coefficient (Wildman–Crippen LogP) is 2.70. The maximum atomic E-state index is 12.5. The van der Waals surface area contributed by atoms with E-state index in [0.717, 1.165) is 24.8 Å². The molecule has 1 aromatic carbocycles. The SMILES string of the molecule is CC(C)C(C)(CN)NC(=O)c1cccc2c1CCC2.Cl. The molecule has 0 saturated carbocycles. The highest BCUT2D eigenvalue weighted by atomic mass is 35.5. The minimum Gasteiger partial charge on any atom is -0.345 e. The number of hydrogen-bond acceptors (Lipinski definition) is 2. The molecule has 0 spiro atoms. The molecular weight excluding hydrogens is 272 g/mol. The molecule has 2 rings (SSSR count). The molecule has 1 aliphatic rings. The van der Waals surface area contributed by atoms with Crippen molar-refractivity contribution in [1.29, 1.82) is 0 Å². The van der Waals surface area contributed by atoms with Crippen molar-refractivity contribution < 1.29 is 4.79 Å². The Kier molecular flexibility index (Phi) is 5.60. The monoisotopic (exact) mass is 296 g/mol. The van der Waals surface area contributed by atoms with Crippen molar-refractivity contribution in [2.24, 2.45) is 11.7 Å². The van der Waals surface area contributed by atoms with E-state index in [2.05, 4.69) is 25.2 Å². The Bertz CT molecular complexity index is 487. The number of aryl methyl sites for hydroxylation is 1. The van der Waals surface area contributed by atoms with Gasteiger partial charge in [0, 0.05) is 12.1 Å². The number of amides is 1. The second-order valence-electron chi connectivity index (χ2n) is 6.03. The summed E-state index contributed by atoms with van der Waals surface area (Å²) in [5.41, 5.74) is 8.86. The summed E-state index contributed by atoms with van der Waals surface area (Å²) in [4.78, 5) is 12.5. The highest BCUT2D eigenvalue weighted by Gasteiger charge is 2.30. The fourth-order valence-electron chi connectivity index (χ4n) is 2.59. The minimum absolute atomic E-state index is 0. The summed E-state index contributed by atoms with van der Waals surface area (Å²) in [7, 11) is 0. The fraction of sp³-hybridized carbons (Fsp3) is 0.562. The van der Waals surface area contributed by atoms with Crippen LogP contribution in [0.3, 0.4) is 0 Å². The van der Waals surface area contributed by atoms with Gasteiger partial charge in [-0.15, -0.1) is 12.4 Å². The van der Waals surface area contributed by atoms with E-state index >= 15 is 0 Å². The Morgan fingerprint density at radius 3 is 2.70 bits per heavy atom. The molecule has 3 N–H and O–H groups in total. The van der Waals surface area contributed by atoms with Crippen LogP contribution in [0, 0.1) is 5.92 Å². The zero-order valence-corrected chi connectivity index (χ0v) is 13.3. The first-order chi connectivity index (χ1) is 8.98. The Morgan fingerprint density at radius 1 is 1.40 bits per heavy atom. The van der Waals surface area contributed by atoms with Gasteiger partial charge in [0.2, 0.25) is 0 Å². The number of carbonyl (C=O) groups excluding carboxylic acids is 1. The summed E-state index contributed by atoms with van der Waals surface area (Å²) >= 11 is 0. The number of benzene rings is 1. The lowest BCUT2D eigenvalue weighted by Gasteiger charge is -2.33. The molecule has 4 heteroatoms. The second kappa shape index (κ2) is 6.59. The largest absolute Gasteiger partial charge is 0.345 e. The molecule has 1 aromatic rings. The van der Waals surface area contributed by atoms with Crippen LogP contribution in [0.1, 0.15) is 48.7 Å². The molecule has 0 radical (unpaired) electrons. The zero-order chi connectivity index (χ0) is 14.0. The number of nitrogens with one attached hydrogen (secondary N) is 1. The molecule has 0 aromatic heterocycles. The van der Waals surface area contributed by atoms with Gasteiger partial charge < -0.3 is 11.1 Å². The van der Waals surface area contributed by atoms with E-state index < -0.39 is 0 Å². The Labute approximate surface area is 127 Å². The van der Waals surface area contributed by atoms with Gasteiger partial charge in [0.1, 0.15) is 0 Å². The maximum Gasteiger partial charge on any atom is 0.252 e. The van der Waals surface area contributed by atoms with Gasteiger partial charge in [-0.2, -0.15) is 0 Å². The van der Waals surface area contributed by atoms with E-state index in [1.165, 1.54) is 11.1 Å². The summed E-state index contributed by atoms with van der Waals surface area (Å²) in [6, 6.07) is 6.04. The van der Waals surface area contributed by atoms with Gasteiger partial charge in [0.05, 0.1) is 5.54 Å². The van der Waals surface area contributed by atoms with E-state index in [-0.39, 0.29) is 23.9 Å². The average molecular weight is 297 g/mol. The first-order valence-corrected chi connectivity index (χ1v) is 7.11. The van der Waals surface area contributed by atoms with E-state index in [0.29, 0.717) is 12.5 Å². The third-order valence-corrected chi connectivity index (χ3v) is 4.49. The topological polar surface area (TPSA) is 55.1 Å². The van der Waals surface area contributed by atoms with E-state index in [4.69, 9.17) is 5.73 Å². The van der Waals surface area contributed by atoms with Crippen LogP contribution in [0.4, 0.5) is 0 Å². The number of rotatable bonds is 4. The summed E-state index contributed by atoms with van der Waals surface area (Å²) in [6.07, 6.45) is 3.26. The van der Waals surface area contributed by atoms with Gasteiger partial charge in [0.25, 0.3) is 5.91 Å². The number of hydrogen-bond donors (Lipinski definition) is 2. The smallest absolute Gasteiger partial charge is 0.252 e. The first kappa shape index (κ1) is 17.0. The molecule has 112 valence electrons. The van der Waals surface area contributed by atoms with Crippen LogP contribution >= 0.6 is 12.4 Å². The van der Waals surface area contributed by atoms with Crippen molar-refractivity contribution in [1.82, 2.24) is 5.32 Å². The maximum absolute atomic E-state index is 12.5. The lowest BCUT2D eigenvalue weighted by Crippen LogP contribution is -2.55. The van der Waals surface area contributed by atoms with E-state index in [1.807, 2.05) is 19.1 Å². The molecule has 0 fully saturated rings. The highest BCUT2D eigenvalue weighted by molar-refractivity contribution is 5.96. The van der Waals surface area contributed by atoms with Gasteiger partial charge in [0.15, 0.2) is 0 Å². The van der Waals surface area contributed by atoms with Crippen molar-refractivity contribution in [2.75, 3.05) is 6.54 Å². The number of carbonyl (C=O) groups is 1. The summed E-state index contributed by atoms with van der Waals surface area (Å²) < 4.78 is 0.